The number of amides is 2. The predicted octanol–water partition coefficient (Wildman–Crippen LogP) is 1.90. The largest absolute Gasteiger partial charge is 0.448 e. The van der Waals surface area contributed by atoms with Gasteiger partial charge < -0.3 is 19.3 Å². The van der Waals surface area contributed by atoms with Gasteiger partial charge in [0.05, 0.1) is 10.8 Å². The summed E-state index contributed by atoms with van der Waals surface area (Å²) in [6.45, 7) is 13.1. The zero-order chi connectivity index (χ0) is 23.5. The van der Waals surface area contributed by atoms with Crippen molar-refractivity contribution in [3.8, 4) is 0 Å². The highest BCUT2D eigenvalue weighted by Gasteiger charge is 2.77. The van der Waals surface area contributed by atoms with Crippen molar-refractivity contribution in [3.05, 3.63) is 0 Å². The van der Waals surface area contributed by atoms with Gasteiger partial charge in [0, 0.05) is 37.0 Å². The van der Waals surface area contributed by atoms with Crippen molar-refractivity contribution in [2.75, 3.05) is 26.2 Å². The second-order valence-electron chi connectivity index (χ2n) is 11.9. The lowest BCUT2D eigenvalue weighted by atomic mass is 9.66. The molecule has 176 valence electrons. The molecule has 5 aliphatic rings. The van der Waals surface area contributed by atoms with Gasteiger partial charge in [-0.3, -0.25) is 19.2 Å². The third-order valence-electron chi connectivity index (χ3n) is 10.7. The molecule has 0 radical (unpaired) electrons. The molecule has 2 saturated carbocycles. The number of hydrogen-bond donors (Lipinski definition) is 0. The molecular formula is C24H34N2O6. The van der Waals surface area contributed by atoms with E-state index in [2.05, 4.69) is 0 Å². The lowest BCUT2D eigenvalue weighted by Gasteiger charge is -2.44. The topological polar surface area (TPSA) is 93.2 Å². The van der Waals surface area contributed by atoms with E-state index in [1.807, 2.05) is 41.5 Å². The molecule has 3 saturated heterocycles. The van der Waals surface area contributed by atoms with E-state index in [1.165, 1.54) is 0 Å². The number of hydrogen-bond acceptors (Lipinski definition) is 6. The normalized spacial score (nSPS) is 43.4. The molecule has 2 aliphatic carbocycles. The minimum absolute atomic E-state index is 0.150. The number of carbonyl (C=O) groups excluding carboxylic acids is 4. The van der Waals surface area contributed by atoms with Crippen LogP contribution in [0.2, 0.25) is 0 Å². The van der Waals surface area contributed by atoms with Gasteiger partial charge in [-0.25, -0.2) is 0 Å². The summed E-state index contributed by atoms with van der Waals surface area (Å²) < 4.78 is 11.5. The standard InChI is InChI=1S/C24H34N2O6/c1-19(2)21(5)7-9-23(19,31-17(21)29)15(27)25-11-13-26(14-12-25)16(28)24-10-8-22(6,18(30)32-24)20(24,3)4/h7-14H2,1-6H3/t21-,22-,23+,24+/m0/s1. The second-order valence-corrected chi connectivity index (χ2v) is 11.9. The Morgan fingerprint density at radius 2 is 0.938 bits per heavy atom. The Kier molecular flexibility index (Phi) is 3.98. The van der Waals surface area contributed by atoms with Gasteiger partial charge in [0.15, 0.2) is 11.2 Å². The molecule has 0 aromatic rings. The molecule has 0 N–H and O–H groups in total. The van der Waals surface area contributed by atoms with Crippen LogP contribution in [-0.2, 0) is 28.7 Å². The van der Waals surface area contributed by atoms with Crippen LogP contribution >= 0.6 is 0 Å². The fourth-order valence-corrected chi connectivity index (χ4v) is 7.07. The average Bonchev–Trinajstić information content (AvgIpc) is 3.21. The molecule has 5 fully saturated rings. The van der Waals surface area contributed by atoms with E-state index in [1.54, 1.807) is 9.80 Å². The molecule has 8 heteroatoms. The van der Waals surface area contributed by atoms with Gasteiger partial charge in [0.25, 0.3) is 11.8 Å². The zero-order valence-corrected chi connectivity index (χ0v) is 20.0. The fourth-order valence-electron chi connectivity index (χ4n) is 7.07. The summed E-state index contributed by atoms with van der Waals surface area (Å²) in [5.41, 5.74) is -4.72. The molecule has 0 unspecified atom stereocenters. The number of rotatable bonds is 2. The van der Waals surface area contributed by atoms with Crippen molar-refractivity contribution < 1.29 is 28.7 Å². The van der Waals surface area contributed by atoms with Crippen molar-refractivity contribution in [1.29, 1.82) is 0 Å². The summed E-state index contributed by atoms with van der Waals surface area (Å²) >= 11 is 0. The van der Waals surface area contributed by atoms with Gasteiger partial charge in [0.2, 0.25) is 0 Å². The SMILES string of the molecule is CC1(C)[C@@]2(C)CC[C@]1(C(=O)N1CCN(C(=O)[C@@]34CC[C@@](C)(C(=O)O3)C4(C)C)CC1)OC2=O. The average molecular weight is 447 g/mol. The van der Waals surface area contributed by atoms with E-state index < -0.39 is 32.9 Å². The minimum Gasteiger partial charge on any atom is -0.448 e. The molecule has 4 atom stereocenters. The Bertz CT molecular complexity index is 874. The molecule has 0 aromatic carbocycles. The van der Waals surface area contributed by atoms with Crippen LogP contribution in [0.25, 0.3) is 0 Å². The summed E-state index contributed by atoms with van der Waals surface area (Å²) in [4.78, 5) is 55.8. The molecule has 3 heterocycles. The maximum atomic E-state index is 13.6. The van der Waals surface area contributed by atoms with Crippen molar-refractivity contribution in [1.82, 2.24) is 9.80 Å². The zero-order valence-electron chi connectivity index (χ0n) is 20.0. The van der Waals surface area contributed by atoms with Gasteiger partial charge in [-0.05, 0) is 39.5 Å². The van der Waals surface area contributed by atoms with Gasteiger partial charge >= 0.3 is 11.9 Å². The summed E-state index contributed by atoms with van der Waals surface area (Å²) in [6.07, 6.45) is 2.35. The van der Waals surface area contributed by atoms with Crippen LogP contribution in [-0.4, -0.2) is 70.9 Å². The van der Waals surface area contributed by atoms with Crippen molar-refractivity contribution in [2.24, 2.45) is 21.7 Å². The van der Waals surface area contributed by atoms with Crippen LogP contribution in [0.1, 0.15) is 67.2 Å². The van der Waals surface area contributed by atoms with Crippen LogP contribution < -0.4 is 0 Å². The highest BCUT2D eigenvalue weighted by molar-refractivity contribution is 5.97. The predicted molar refractivity (Wildman–Crippen MR) is 113 cm³/mol. The molecular weight excluding hydrogens is 412 g/mol. The molecule has 3 aliphatic heterocycles. The summed E-state index contributed by atoms with van der Waals surface area (Å²) in [5.74, 6) is -0.874. The first-order chi connectivity index (χ1) is 14.7. The Labute approximate surface area is 188 Å². The summed E-state index contributed by atoms with van der Waals surface area (Å²) in [5, 5.41) is 0. The summed E-state index contributed by atoms with van der Waals surface area (Å²) in [6, 6.07) is 0. The minimum atomic E-state index is -1.13. The number of ether oxygens (including phenoxy) is 2. The fraction of sp³-hybridized carbons (Fsp3) is 0.833. The van der Waals surface area contributed by atoms with E-state index in [9.17, 15) is 19.2 Å². The first-order valence-corrected chi connectivity index (χ1v) is 11.8. The molecule has 5 rings (SSSR count). The van der Waals surface area contributed by atoms with E-state index in [4.69, 9.17) is 9.47 Å². The van der Waals surface area contributed by atoms with Crippen molar-refractivity contribution >= 4 is 23.8 Å². The number of nitrogens with zero attached hydrogens (tertiary/aromatic N) is 2. The number of piperazine rings is 1. The number of carbonyl (C=O) groups is 4. The van der Waals surface area contributed by atoms with Crippen LogP contribution in [0.4, 0.5) is 0 Å². The monoisotopic (exact) mass is 446 g/mol. The Morgan fingerprint density at radius 1 is 0.625 bits per heavy atom. The van der Waals surface area contributed by atoms with Gasteiger partial charge in [-0.1, -0.05) is 27.7 Å². The maximum Gasteiger partial charge on any atom is 0.313 e. The molecule has 2 amide bonds. The third-order valence-corrected chi connectivity index (χ3v) is 10.7. The van der Waals surface area contributed by atoms with E-state index in [0.29, 0.717) is 51.9 Å². The first-order valence-electron chi connectivity index (χ1n) is 11.8. The van der Waals surface area contributed by atoms with Crippen molar-refractivity contribution in [2.45, 2.75) is 78.4 Å². The second kappa shape index (κ2) is 5.86. The van der Waals surface area contributed by atoms with Crippen LogP contribution in [0.3, 0.4) is 0 Å². The maximum absolute atomic E-state index is 13.6. The van der Waals surface area contributed by atoms with Crippen LogP contribution in [0.15, 0.2) is 0 Å². The smallest absolute Gasteiger partial charge is 0.313 e. The van der Waals surface area contributed by atoms with Crippen LogP contribution in [0, 0.1) is 21.7 Å². The molecule has 4 bridgehead atoms. The number of fused-ring (bicyclic) bond motifs is 4. The molecule has 32 heavy (non-hydrogen) atoms. The highest BCUT2D eigenvalue weighted by atomic mass is 16.6. The van der Waals surface area contributed by atoms with Crippen molar-refractivity contribution in [3.63, 3.8) is 0 Å². The molecule has 0 spiro atoms. The summed E-state index contributed by atoms with van der Waals surface area (Å²) in [7, 11) is 0. The van der Waals surface area contributed by atoms with E-state index >= 15 is 0 Å². The van der Waals surface area contributed by atoms with Gasteiger partial charge in [-0.2, -0.15) is 0 Å². The lowest BCUT2D eigenvalue weighted by Crippen LogP contribution is -2.62. The molecule has 8 nitrogen and oxygen atoms in total. The number of esters is 2. The van der Waals surface area contributed by atoms with Gasteiger partial charge in [0.1, 0.15) is 0 Å². The van der Waals surface area contributed by atoms with Crippen LogP contribution in [0.5, 0.6) is 0 Å². The first kappa shape index (κ1) is 21.7. The van der Waals surface area contributed by atoms with E-state index in [0.717, 1.165) is 0 Å². The van der Waals surface area contributed by atoms with E-state index in [-0.39, 0.29) is 23.8 Å². The third kappa shape index (κ3) is 2.02. The Balaban J connectivity index is 1.32. The quantitative estimate of drug-likeness (QED) is 0.602. The lowest BCUT2D eigenvalue weighted by molar-refractivity contribution is -0.179. The van der Waals surface area contributed by atoms with Gasteiger partial charge in [-0.15, -0.1) is 0 Å². The Morgan fingerprint density at radius 3 is 1.16 bits per heavy atom. The molecule has 0 aromatic heterocycles. The highest BCUT2D eigenvalue weighted by Crippen LogP contribution is 2.67. The Hall–Kier alpha value is -2.12.